The molecule has 0 bridgehead atoms. The molecular formula is C19H37ClN4O3. The van der Waals surface area contributed by atoms with E-state index in [2.05, 4.69) is 10.6 Å². The molecule has 2 heterocycles. The van der Waals surface area contributed by atoms with Crippen LogP contribution in [-0.2, 0) is 9.53 Å². The maximum atomic E-state index is 12.6. The summed E-state index contributed by atoms with van der Waals surface area (Å²) in [6.07, 6.45) is 3.55. The molecule has 2 aliphatic rings. The zero-order chi connectivity index (χ0) is 19.0. The summed E-state index contributed by atoms with van der Waals surface area (Å²) in [7, 11) is 1.73. The molecule has 2 saturated heterocycles. The Morgan fingerprint density at radius 1 is 1.19 bits per heavy atom. The minimum Gasteiger partial charge on any atom is -0.384 e. The largest absolute Gasteiger partial charge is 0.384 e. The highest BCUT2D eigenvalue weighted by Gasteiger charge is 2.34. The number of halogens is 1. The van der Waals surface area contributed by atoms with Gasteiger partial charge in [-0.25, -0.2) is 4.79 Å². The highest BCUT2D eigenvalue weighted by molar-refractivity contribution is 5.85. The SMILES string of the molecule is CCN(CC)C(=O)N1CCC(C(=O)NCC2(COC)CCNCC2)CC1.Cl. The van der Waals surface area contributed by atoms with Gasteiger partial charge in [0.15, 0.2) is 0 Å². The molecule has 2 aliphatic heterocycles. The quantitative estimate of drug-likeness (QED) is 0.677. The molecule has 2 N–H and O–H groups in total. The Morgan fingerprint density at radius 3 is 2.30 bits per heavy atom. The van der Waals surface area contributed by atoms with Crippen molar-refractivity contribution in [1.29, 1.82) is 0 Å². The first-order valence-electron chi connectivity index (χ1n) is 10.1. The summed E-state index contributed by atoms with van der Waals surface area (Å²) in [5.41, 5.74) is 0.0507. The van der Waals surface area contributed by atoms with E-state index in [1.807, 2.05) is 23.6 Å². The van der Waals surface area contributed by atoms with Gasteiger partial charge in [0.05, 0.1) is 6.61 Å². The Morgan fingerprint density at radius 2 is 1.78 bits per heavy atom. The monoisotopic (exact) mass is 404 g/mol. The number of rotatable bonds is 7. The standard InChI is InChI=1S/C19H36N4O3.ClH/c1-4-22(5-2)18(25)23-12-6-16(7-13-23)17(24)21-14-19(15-26-3)8-10-20-11-9-19;/h16,20H,4-15H2,1-3H3,(H,21,24);1H. The summed E-state index contributed by atoms with van der Waals surface area (Å²) in [6.45, 7) is 10.1. The summed E-state index contributed by atoms with van der Waals surface area (Å²) in [5.74, 6) is 0.144. The Labute approximate surface area is 170 Å². The van der Waals surface area contributed by atoms with Crippen LogP contribution in [-0.4, -0.2) is 81.3 Å². The van der Waals surface area contributed by atoms with E-state index >= 15 is 0 Å². The summed E-state index contributed by atoms with van der Waals surface area (Å²) >= 11 is 0. The molecule has 0 aliphatic carbocycles. The molecule has 2 rings (SSSR count). The average Bonchev–Trinajstić information content (AvgIpc) is 2.68. The molecule has 0 unspecified atom stereocenters. The molecule has 0 saturated carbocycles. The lowest BCUT2D eigenvalue weighted by atomic mass is 9.79. The molecule has 0 aromatic carbocycles. The number of likely N-dealkylation sites (tertiary alicyclic amines) is 1. The van der Waals surface area contributed by atoms with Crippen LogP contribution in [0, 0.1) is 11.3 Å². The van der Waals surface area contributed by atoms with Crippen molar-refractivity contribution in [3.8, 4) is 0 Å². The molecule has 158 valence electrons. The van der Waals surface area contributed by atoms with Gasteiger partial charge in [0.1, 0.15) is 0 Å². The van der Waals surface area contributed by atoms with E-state index in [9.17, 15) is 9.59 Å². The fraction of sp³-hybridized carbons (Fsp3) is 0.895. The number of piperidine rings is 2. The lowest BCUT2D eigenvalue weighted by Crippen LogP contribution is -2.50. The van der Waals surface area contributed by atoms with Gasteiger partial charge >= 0.3 is 6.03 Å². The number of urea groups is 1. The number of ether oxygens (including phenoxy) is 1. The van der Waals surface area contributed by atoms with Gasteiger partial charge < -0.3 is 25.2 Å². The fourth-order valence-corrected chi connectivity index (χ4v) is 4.08. The number of nitrogens with zero attached hydrogens (tertiary/aromatic N) is 2. The van der Waals surface area contributed by atoms with Crippen molar-refractivity contribution in [3.63, 3.8) is 0 Å². The number of amides is 3. The van der Waals surface area contributed by atoms with E-state index in [0.717, 1.165) is 51.9 Å². The Kier molecular flexibility index (Phi) is 10.4. The maximum Gasteiger partial charge on any atom is 0.319 e. The van der Waals surface area contributed by atoms with Gasteiger partial charge in [0, 0.05) is 51.2 Å². The minimum absolute atomic E-state index is 0. The predicted molar refractivity (Wildman–Crippen MR) is 109 cm³/mol. The number of hydrogen-bond donors (Lipinski definition) is 2. The fourth-order valence-electron chi connectivity index (χ4n) is 4.08. The summed E-state index contributed by atoms with van der Waals surface area (Å²) in [5, 5.41) is 6.55. The van der Waals surface area contributed by atoms with Crippen molar-refractivity contribution in [2.45, 2.75) is 39.5 Å². The molecule has 2 fully saturated rings. The van der Waals surface area contributed by atoms with Gasteiger partial charge in [0.2, 0.25) is 5.91 Å². The van der Waals surface area contributed by atoms with E-state index < -0.39 is 0 Å². The van der Waals surface area contributed by atoms with Crippen LogP contribution in [0.4, 0.5) is 4.79 Å². The van der Waals surface area contributed by atoms with Crippen LogP contribution in [0.25, 0.3) is 0 Å². The lowest BCUT2D eigenvalue weighted by Gasteiger charge is -2.38. The summed E-state index contributed by atoms with van der Waals surface area (Å²) in [6, 6.07) is 0.0996. The van der Waals surface area contributed by atoms with Gasteiger partial charge in [-0.05, 0) is 52.6 Å². The lowest BCUT2D eigenvalue weighted by molar-refractivity contribution is -0.127. The van der Waals surface area contributed by atoms with Crippen LogP contribution in [0.5, 0.6) is 0 Å². The second-order valence-corrected chi connectivity index (χ2v) is 7.62. The highest BCUT2D eigenvalue weighted by atomic mass is 35.5. The highest BCUT2D eigenvalue weighted by Crippen LogP contribution is 2.28. The predicted octanol–water partition coefficient (Wildman–Crippen LogP) is 1.71. The van der Waals surface area contributed by atoms with Crippen LogP contribution in [0.2, 0.25) is 0 Å². The number of carbonyl (C=O) groups excluding carboxylic acids is 2. The molecule has 0 radical (unpaired) electrons. The van der Waals surface area contributed by atoms with Crippen molar-refractivity contribution in [1.82, 2.24) is 20.4 Å². The first kappa shape index (κ1) is 24.0. The van der Waals surface area contributed by atoms with Gasteiger partial charge in [-0.15, -0.1) is 12.4 Å². The van der Waals surface area contributed by atoms with Gasteiger partial charge in [-0.3, -0.25) is 4.79 Å². The van der Waals surface area contributed by atoms with E-state index in [0.29, 0.717) is 26.2 Å². The maximum absolute atomic E-state index is 12.6. The second kappa shape index (κ2) is 11.7. The molecule has 0 aromatic rings. The third kappa shape index (κ3) is 6.50. The Hall–Kier alpha value is -1.05. The summed E-state index contributed by atoms with van der Waals surface area (Å²) in [4.78, 5) is 28.8. The zero-order valence-corrected chi connectivity index (χ0v) is 17.9. The van der Waals surface area contributed by atoms with E-state index in [4.69, 9.17) is 4.74 Å². The third-order valence-electron chi connectivity index (χ3n) is 5.92. The smallest absolute Gasteiger partial charge is 0.319 e. The van der Waals surface area contributed by atoms with Crippen molar-refractivity contribution >= 4 is 24.3 Å². The first-order chi connectivity index (χ1) is 12.5. The molecule has 0 spiro atoms. The minimum atomic E-state index is 0. The Bertz CT molecular complexity index is 454. The van der Waals surface area contributed by atoms with Crippen LogP contribution in [0.3, 0.4) is 0 Å². The molecule has 7 nitrogen and oxygen atoms in total. The van der Waals surface area contributed by atoms with E-state index in [1.54, 1.807) is 7.11 Å². The van der Waals surface area contributed by atoms with Crippen molar-refractivity contribution in [2.75, 3.05) is 59.5 Å². The van der Waals surface area contributed by atoms with E-state index in [-0.39, 0.29) is 35.7 Å². The first-order valence-corrected chi connectivity index (χ1v) is 10.1. The number of carbonyl (C=O) groups is 2. The van der Waals surface area contributed by atoms with Crippen LogP contribution >= 0.6 is 12.4 Å². The van der Waals surface area contributed by atoms with E-state index in [1.165, 1.54) is 0 Å². The molecule has 8 heteroatoms. The van der Waals surface area contributed by atoms with Crippen LogP contribution in [0.15, 0.2) is 0 Å². The summed E-state index contributed by atoms with van der Waals surface area (Å²) < 4.78 is 5.42. The topological polar surface area (TPSA) is 73.9 Å². The number of hydrogen-bond acceptors (Lipinski definition) is 4. The molecule has 27 heavy (non-hydrogen) atoms. The van der Waals surface area contributed by atoms with Gasteiger partial charge in [-0.1, -0.05) is 0 Å². The van der Waals surface area contributed by atoms with Crippen LogP contribution < -0.4 is 10.6 Å². The second-order valence-electron chi connectivity index (χ2n) is 7.62. The zero-order valence-electron chi connectivity index (χ0n) is 17.1. The average molecular weight is 405 g/mol. The van der Waals surface area contributed by atoms with Gasteiger partial charge in [0.25, 0.3) is 0 Å². The molecular weight excluding hydrogens is 368 g/mol. The van der Waals surface area contributed by atoms with Gasteiger partial charge in [-0.2, -0.15) is 0 Å². The molecule has 0 aromatic heterocycles. The van der Waals surface area contributed by atoms with Crippen LogP contribution in [0.1, 0.15) is 39.5 Å². The molecule has 3 amide bonds. The van der Waals surface area contributed by atoms with Crippen molar-refractivity contribution < 1.29 is 14.3 Å². The Balaban J connectivity index is 0.00000364. The number of nitrogens with one attached hydrogen (secondary N) is 2. The third-order valence-corrected chi connectivity index (χ3v) is 5.92. The number of methoxy groups -OCH3 is 1. The normalized spacial score (nSPS) is 19.9. The molecule has 0 atom stereocenters. The van der Waals surface area contributed by atoms with Crippen molar-refractivity contribution in [3.05, 3.63) is 0 Å². The van der Waals surface area contributed by atoms with Crippen molar-refractivity contribution in [2.24, 2.45) is 11.3 Å².